The van der Waals surface area contributed by atoms with E-state index in [1.807, 2.05) is 0 Å². The highest BCUT2D eigenvalue weighted by atomic mass is 35.5. The van der Waals surface area contributed by atoms with Crippen molar-refractivity contribution in [2.45, 2.75) is 44.9 Å². The van der Waals surface area contributed by atoms with Crippen molar-refractivity contribution in [1.29, 1.82) is 0 Å². The summed E-state index contributed by atoms with van der Waals surface area (Å²) in [5, 5.41) is 2.97. The highest BCUT2D eigenvalue weighted by Crippen LogP contribution is 2.32. The standard InChI is InChI=1S/C24H29ClF3N3O4S/c1-4-21(23(33)29-2)30(16-17-9-5-6-12-20(17)25)22(32)13-8-14-31(36(3,34)35)19-11-7-10-18(15-19)24(26,27)28/h5-7,9-12,15,21H,4,8,13-14,16H2,1-3H3,(H,29,33)/t21-/m1/s1. The monoisotopic (exact) mass is 547 g/mol. The van der Waals surface area contributed by atoms with Crippen molar-refractivity contribution in [3.05, 3.63) is 64.7 Å². The maximum atomic E-state index is 13.2. The van der Waals surface area contributed by atoms with E-state index >= 15 is 0 Å². The summed E-state index contributed by atoms with van der Waals surface area (Å²) in [4.78, 5) is 27.1. The van der Waals surface area contributed by atoms with Crippen LogP contribution in [0.4, 0.5) is 18.9 Å². The first-order valence-corrected chi connectivity index (χ1v) is 13.4. The molecule has 2 rings (SSSR count). The maximum Gasteiger partial charge on any atom is 0.416 e. The lowest BCUT2D eigenvalue weighted by atomic mass is 10.1. The van der Waals surface area contributed by atoms with Crippen LogP contribution < -0.4 is 9.62 Å². The molecule has 0 aliphatic rings. The van der Waals surface area contributed by atoms with Crippen LogP contribution in [0, 0.1) is 0 Å². The van der Waals surface area contributed by atoms with Crippen molar-refractivity contribution in [2.75, 3.05) is 24.2 Å². The third kappa shape index (κ3) is 7.86. The molecule has 0 aromatic heterocycles. The fourth-order valence-electron chi connectivity index (χ4n) is 3.74. The summed E-state index contributed by atoms with van der Waals surface area (Å²) in [6.45, 7) is 1.60. The molecule has 1 atom stereocenters. The zero-order valence-electron chi connectivity index (χ0n) is 20.2. The van der Waals surface area contributed by atoms with Crippen LogP contribution in [0.2, 0.25) is 5.02 Å². The van der Waals surface area contributed by atoms with Gasteiger partial charge in [-0.2, -0.15) is 13.2 Å². The van der Waals surface area contributed by atoms with Gasteiger partial charge in [0.05, 0.1) is 17.5 Å². The van der Waals surface area contributed by atoms with Gasteiger partial charge in [-0.15, -0.1) is 0 Å². The predicted octanol–water partition coefficient (Wildman–Crippen LogP) is 4.46. The Hall–Kier alpha value is -2.79. The summed E-state index contributed by atoms with van der Waals surface area (Å²) < 4.78 is 64.9. The van der Waals surface area contributed by atoms with Crippen molar-refractivity contribution < 1.29 is 31.2 Å². The normalized spacial score (nSPS) is 12.6. The molecule has 0 heterocycles. The molecule has 7 nitrogen and oxygen atoms in total. The number of rotatable bonds is 11. The number of amides is 2. The number of alkyl halides is 3. The van der Waals surface area contributed by atoms with Crippen LogP contribution in [-0.2, 0) is 32.3 Å². The van der Waals surface area contributed by atoms with Gasteiger partial charge < -0.3 is 10.2 Å². The molecule has 1 N–H and O–H groups in total. The first-order chi connectivity index (χ1) is 16.8. The molecule has 36 heavy (non-hydrogen) atoms. The average molecular weight is 548 g/mol. The Labute approximate surface area is 214 Å². The molecule has 12 heteroatoms. The third-order valence-corrected chi connectivity index (χ3v) is 7.11. The Morgan fingerprint density at radius 2 is 1.78 bits per heavy atom. The second kappa shape index (κ2) is 12.4. The van der Waals surface area contributed by atoms with Crippen LogP contribution in [0.15, 0.2) is 48.5 Å². The van der Waals surface area contributed by atoms with Gasteiger partial charge in [-0.1, -0.05) is 42.8 Å². The SMILES string of the molecule is CC[C@H](C(=O)NC)N(Cc1ccccc1Cl)C(=O)CCCN(c1cccc(C(F)(F)F)c1)S(C)(=O)=O. The number of anilines is 1. The molecule has 0 saturated carbocycles. The summed E-state index contributed by atoms with van der Waals surface area (Å²) in [6, 6.07) is 10.1. The zero-order valence-corrected chi connectivity index (χ0v) is 21.8. The lowest BCUT2D eigenvalue weighted by molar-refractivity contribution is -0.141. The summed E-state index contributed by atoms with van der Waals surface area (Å²) in [5.74, 6) is -0.775. The van der Waals surface area contributed by atoms with Crippen molar-refractivity contribution in [3.8, 4) is 0 Å². The first-order valence-electron chi connectivity index (χ1n) is 11.2. The van der Waals surface area contributed by atoms with Gasteiger partial charge in [-0.05, 0) is 42.7 Å². The van der Waals surface area contributed by atoms with Gasteiger partial charge >= 0.3 is 6.18 Å². The molecular formula is C24H29ClF3N3O4S. The van der Waals surface area contributed by atoms with Gasteiger partial charge in [0.25, 0.3) is 0 Å². The largest absolute Gasteiger partial charge is 0.416 e. The van der Waals surface area contributed by atoms with Crippen molar-refractivity contribution in [1.82, 2.24) is 10.2 Å². The number of halogens is 4. The average Bonchev–Trinajstić information content (AvgIpc) is 2.81. The Bertz CT molecular complexity index is 1180. The summed E-state index contributed by atoms with van der Waals surface area (Å²) in [7, 11) is -2.47. The molecule has 0 saturated heterocycles. The number of carbonyl (C=O) groups is 2. The van der Waals surface area contributed by atoms with Crippen LogP contribution in [0.25, 0.3) is 0 Å². The summed E-state index contributed by atoms with van der Waals surface area (Å²) in [6.07, 6.45) is -3.54. The minimum absolute atomic E-state index is 0.0192. The van der Waals surface area contributed by atoms with Gasteiger partial charge in [0, 0.05) is 31.6 Å². The van der Waals surface area contributed by atoms with Crippen molar-refractivity contribution >= 4 is 39.1 Å². The number of benzene rings is 2. The van der Waals surface area contributed by atoms with Crippen LogP contribution in [-0.4, -0.2) is 51.0 Å². The number of nitrogens with zero attached hydrogens (tertiary/aromatic N) is 2. The Morgan fingerprint density at radius 3 is 2.33 bits per heavy atom. The Morgan fingerprint density at radius 1 is 1.11 bits per heavy atom. The van der Waals surface area contributed by atoms with Gasteiger partial charge in [-0.25, -0.2) is 8.42 Å². The summed E-state index contributed by atoms with van der Waals surface area (Å²) in [5.41, 5.74) is -0.493. The molecule has 0 spiro atoms. The number of likely N-dealkylation sites (N-methyl/N-ethyl adjacent to an activating group) is 1. The van der Waals surface area contributed by atoms with E-state index in [0.29, 0.717) is 17.0 Å². The van der Waals surface area contributed by atoms with E-state index in [9.17, 15) is 31.2 Å². The second-order valence-electron chi connectivity index (χ2n) is 8.14. The highest BCUT2D eigenvalue weighted by molar-refractivity contribution is 7.92. The number of carbonyl (C=O) groups excluding carboxylic acids is 2. The van der Waals surface area contributed by atoms with Crippen LogP contribution in [0.1, 0.15) is 37.3 Å². The Balaban J connectivity index is 2.24. The predicted molar refractivity (Wildman–Crippen MR) is 133 cm³/mol. The molecule has 198 valence electrons. The van der Waals surface area contributed by atoms with E-state index in [2.05, 4.69) is 5.32 Å². The van der Waals surface area contributed by atoms with Crippen molar-refractivity contribution in [3.63, 3.8) is 0 Å². The maximum absolute atomic E-state index is 13.2. The fraction of sp³-hybridized carbons (Fsp3) is 0.417. The number of nitrogens with one attached hydrogen (secondary N) is 1. The topological polar surface area (TPSA) is 86.8 Å². The van der Waals surface area contributed by atoms with Crippen molar-refractivity contribution in [2.24, 2.45) is 0 Å². The minimum atomic E-state index is -4.64. The summed E-state index contributed by atoms with van der Waals surface area (Å²) >= 11 is 6.25. The van der Waals surface area contributed by atoms with Gasteiger partial charge in [0.15, 0.2) is 0 Å². The van der Waals surface area contributed by atoms with Gasteiger partial charge in [-0.3, -0.25) is 13.9 Å². The van der Waals surface area contributed by atoms with E-state index in [0.717, 1.165) is 28.8 Å². The van der Waals surface area contributed by atoms with Gasteiger partial charge in [0.2, 0.25) is 21.8 Å². The van der Waals surface area contributed by atoms with Crippen LogP contribution in [0.3, 0.4) is 0 Å². The van der Waals surface area contributed by atoms with E-state index < -0.39 is 33.7 Å². The second-order valence-corrected chi connectivity index (χ2v) is 10.5. The zero-order chi connectivity index (χ0) is 27.1. The van der Waals surface area contributed by atoms with E-state index in [-0.39, 0.29) is 37.5 Å². The Kier molecular flexibility index (Phi) is 10.2. The highest BCUT2D eigenvalue weighted by Gasteiger charge is 2.32. The number of hydrogen-bond donors (Lipinski definition) is 1. The fourth-order valence-corrected chi connectivity index (χ4v) is 4.89. The molecule has 0 aliphatic heterocycles. The smallest absolute Gasteiger partial charge is 0.357 e. The molecule has 0 aliphatic carbocycles. The number of sulfonamides is 1. The van der Waals surface area contributed by atoms with E-state index in [1.54, 1.807) is 31.2 Å². The molecule has 2 aromatic carbocycles. The third-order valence-electron chi connectivity index (χ3n) is 5.54. The van der Waals surface area contributed by atoms with E-state index in [1.165, 1.54) is 18.0 Å². The molecule has 0 radical (unpaired) electrons. The minimum Gasteiger partial charge on any atom is -0.357 e. The molecule has 2 aromatic rings. The van der Waals surface area contributed by atoms with Crippen LogP contribution >= 0.6 is 11.6 Å². The van der Waals surface area contributed by atoms with Crippen LogP contribution in [0.5, 0.6) is 0 Å². The molecule has 2 amide bonds. The lowest BCUT2D eigenvalue weighted by Crippen LogP contribution is -2.48. The van der Waals surface area contributed by atoms with E-state index in [4.69, 9.17) is 11.6 Å². The quantitative estimate of drug-likeness (QED) is 0.450. The molecule has 0 unspecified atom stereocenters. The molecule has 0 fully saturated rings. The lowest BCUT2D eigenvalue weighted by Gasteiger charge is -2.31. The molecular weight excluding hydrogens is 519 g/mol. The first kappa shape index (κ1) is 29.4. The number of hydrogen-bond acceptors (Lipinski definition) is 4. The molecule has 0 bridgehead atoms. The van der Waals surface area contributed by atoms with Gasteiger partial charge in [0.1, 0.15) is 6.04 Å².